The number of nitro groups is 1. The van der Waals surface area contributed by atoms with Gasteiger partial charge in [-0.15, -0.1) is 11.8 Å². The second-order valence-electron chi connectivity index (χ2n) is 6.28. The van der Waals surface area contributed by atoms with Crippen LogP contribution in [-0.4, -0.2) is 21.7 Å². The van der Waals surface area contributed by atoms with Crippen molar-refractivity contribution in [3.63, 3.8) is 0 Å². The van der Waals surface area contributed by atoms with Crippen LogP contribution in [0.2, 0.25) is 0 Å². The first-order valence-electron chi connectivity index (χ1n) is 8.33. The lowest BCUT2D eigenvalue weighted by atomic mass is 10.1. The maximum atomic E-state index is 12.4. The van der Waals surface area contributed by atoms with Crippen LogP contribution < -0.4 is 5.32 Å². The molecule has 6 nitrogen and oxygen atoms in total. The van der Waals surface area contributed by atoms with E-state index in [0.29, 0.717) is 22.1 Å². The highest BCUT2D eigenvalue weighted by molar-refractivity contribution is 7.99. The van der Waals surface area contributed by atoms with Crippen LogP contribution in [0.1, 0.15) is 36.2 Å². The molecule has 7 heteroatoms. The van der Waals surface area contributed by atoms with E-state index in [1.165, 1.54) is 17.8 Å². The van der Waals surface area contributed by atoms with E-state index in [9.17, 15) is 14.9 Å². The van der Waals surface area contributed by atoms with Gasteiger partial charge in [0.05, 0.1) is 16.4 Å². The molecule has 0 aliphatic rings. The smallest absolute Gasteiger partial charge is 0.283 e. The third-order valence-corrected chi connectivity index (χ3v) is 4.83. The fraction of sp³-hybridized carbons (Fsp3) is 0.316. The summed E-state index contributed by atoms with van der Waals surface area (Å²) in [5.41, 5.74) is 1.36. The molecule has 0 aliphatic carbocycles. The Hall–Kier alpha value is -2.38. The van der Waals surface area contributed by atoms with Crippen molar-refractivity contribution >= 4 is 29.0 Å². The van der Waals surface area contributed by atoms with E-state index in [2.05, 4.69) is 19.2 Å². The molecule has 1 amide bonds. The molecule has 0 saturated carbocycles. The SMILES string of the molecule is CC(C)CCSc1ccc(C(=O)Nc2cccc(CO)c2)cc1[N+](=O)[O-]. The van der Waals surface area contributed by atoms with Crippen LogP contribution in [0.15, 0.2) is 47.4 Å². The Bertz CT molecular complexity index is 793. The second kappa shape index (κ2) is 9.35. The van der Waals surface area contributed by atoms with Gasteiger partial charge in [0.15, 0.2) is 0 Å². The van der Waals surface area contributed by atoms with Crippen molar-refractivity contribution in [3.05, 3.63) is 63.7 Å². The molecule has 0 unspecified atom stereocenters. The number of carbonyl (C=O) groups is 1. The number of nitrogens with zero attached hydrogens (tertiary/aromatic N) is 1. The summed E-state index contributed by atoms with van der Waals surface area (Å²) in [6.45, 7) is 4.08. The Labute approximate surface area is 156 Å². The van der Waals surface area contributed by atoms with Crippen LogP contribution in [0.3, 0.4) is 0 Å². The number of aliphatic hydroxyl groups excluding tert-OH is 1. The number of thioether (sulfide) groups is 1. The van der Waals surface area contributed by atoms with Crippen molar-refractivity contribution in [1.29, 1.82) is 0 Å². The molecule has 0 heterocycles. The van der Waals surface area contributed by atoms with Crippen LogP contribution >= 0.6 is 11.8 Å². The minimum Gasteiger partial charge on any atom is -0.392 e. The first-order chi connectivity index (χ1) is 12.4. The zero-order valence-corrected chi connectivity index (χ0v) is 15.6. The normalized spacial score (nSPS) is 10.8. The quantitative estimate of drug-likeness (QED) is 0.404. The van der Waals surface area contributed by atoms with E-state index in [1.807, 2.05) is 0 Å². The lowest BCUT2D eigenvalue weighted by Gasteiger charge is -2.09. The standard InChI is InChI=1S/C19H22N2O4S/c1-13(2)8-9-26-18-7-6-15(11-17(18)21(24)25)19(23)20-16-5-3-4-14(10-16)12-22/h3-7,10-11,13,22H,8-9,12H2,1-2H3,(H,20,23). The molecular formula is C19H22N2O4S. The van der Waals surface area contributed by atoms with Crippen molar-refractivity contribution in [2.24, 2.45) is 5.92 Å². The topological polar surface area (TPSA) is 92.5 Å². The van der Waals surface area contributed by atoms with E-state index < -0.39 is 10.8 Å². The second-order valence-corrected chi connectivity index (χ2v) is 7.42. The Balaban J connectivity index is 2.16. The van der Waals surface area contributed by atoms with Gasteiger partial charge in [0.25, 0.3) is 11.6 Å². The number of amides is 1. The van der Waals surface area contributed by atoms with Crippen molar-refractivity contribution in [2.45, 2.75) is 31.8 Å². The highest BCUT2D eigenvalue weighted by Gasteiger charge is 2.18. The van der Waals surface area contributed by atoms with Crippen LogP contribution in [0.25, 0.3) is 0 Å². The minimum absolute atomic E-state index is 0.0597. The Morgan fingerprint density at radius 2 is 2.04 bits per heavy atom. The van der Waals surface area contributed by atoms with Crippen LogP contribution in [-0.2, 0) is 6.61 Å². The fourth-order valence-electron chi connectivity index (χ4n) is 2.28. The number of nitrogens with one attached hydrogen (secondary N) is 1. The van der Waals surface area contributed by atoms with Crippen molar-refractivity contribution in [2.75, 3.05) is 11.1 Å². The molecule has 26 heavy (non-hydrogen) atoms. The molecule has 0 bridgehead atoms. The molecule has 0 fully saturated rings. The van der Waals surface area contributed by atoms with Gasteiger partial charge in [-0.3, -0.25) is 14.9 Å². The Morgan fingerprint density at radius 1 is 1.27 bits per heavy atom. The molecule has 2 aromatic rings. The first-order valence-corrected chi connectivity index (χ1v) is 9.31. The molecule has 0 saturated heterocycles. The number of aliphatic hydroxyl groups is 1. The molecule has 0 atom stereocenters. The predicted molar refractivity (Wildman–Crippen MR) is 104 cm³/mol. The summed E-state index contributed by atoms with van der Waals surface area (Å²) < 4.78 is 0. The average Bonchev–Trinajstić information content (AvgIpc) is 2.61. The van der Waals surface area contributed by atoms with Crippen molar-refractivity contribution in [1.82, 2.24) is 0 Å². The molecule has 0 aliphatic heterocycles. The van der Waals surface area contributed by atoms with E-state index in [4.69, 9.17) is 5.11 Å². The Kier molecular flexibility index (Phi) is 7.17. The summed E-state index contributed by atoms with van der Waals surface area (Å²) in [6.07, 6.45) is 0.964. The third kappa shape index (κ3) is 5.57. The summed E-state index contributed by atoms with van der Waals surface area (Å²) in [5.74, 6) is 0.890. The molecule has 0 spiro atoms. The van der Waals surface area contributed by atoms with Gasteiger partial charge >= 0.3 is 0 Å². The Morgan fingerprint density at radius 3 is 2.69 bits per heavy atom. The maximum Gasteiger partial charge on any atom is 0.283 e. The van der Waals surface area contributed by atoms with Crippen molar-refractivity contribution < 1.29 is 14.8 Å². The minimum atomic E-state index is -0.457. The summed E-state index contributed by atoms with van der Waals surface area (Å²) in [4.78, 5) is 23.9. The number of hydrogen-bond donors (Lipinski definition) is 2. The third-order valence-electron chi connectivity index (χ3n) is 3.74. The molecule has 138 valence electrons. The maximum absolute atomic E-state index is 12.4. The van der Waals surface area contributed by atoms with Gasteiger partial charge in [-0.1, -0.05) is 26.0 Å². The van der Waals surface area contributed by atoms with E-state index >= 15 is 0 Å². The summed E-state index contributed by atoms with van der Waals surface area (Å²) in [5, 5.41) is 23.2. The number of nitro benzene ring substituents is 1. The van der Waals surface area contributed by atoms with Crippen LogP contribution in [0.4, 0.5) is 11.4 Å². The molecule has 0 radical (unpaired) electrons. The average molecular weight is 374 g/mol. The van der Waals surface area contributed by atoms with Gasteiger partial charge in [-0.25, -0.2) is 0 Å². The highest BCUT2D eigenvalue weighted by atomic mass is 32.2. The summed E-state index contributed by atoms with van der Waals surface area (Å²) >= 11 is 1.43. The van der Waals surface area contributed by atoms with Gasteiger partial charge in [-0.05, 0) is 47.9 Å². The zero-order valence-electron chi connectivity index (χ0n) is 14.8. The van der Waals surface area contributed by atoms with Crippen LogP contribution in [0, 0.1) is 16.0 Å². The zero-order chi connectivity index (χ0) is 19.1. The predicted octanol–water partition coefficient (Wildman–Crippen LogP) is 4.48. The lowest BCUT2D eigenvalue weighted by Crippen LogP contribution is -2.12. The number of anilines is 1. The summed E-state index contributed by atoms with van der Waals surface area (Å²) in [6, 6.07) is 11.3. The van der Waals surface area contributed by atoms with Gasteiger partial charge in [0.2, 0.25) is 0 Å². The highest BCUT2D eigenvalue weighted by Crippen LogP contribution is 2.31. The van der Waals surface area contributed by atoms with E-state index in [1.54, 1.807) is 36.4 Å². The molecular weight excluding hydrogens is 352 g/mol. The summed E-state index contributed by atoms with van der Waals surface area (Å²) in [7, 11) is 0. The van der Waals surface area contributed by atoms with E-state index in [0.717, 1.165) is 12.2 Å². The molecule has 2 N–H and O–H groups in total. The lowest BCUT2D eigenvalue weighted by molar-refractivity contribution is -0.387. The van der Waals surface area contributed by atoms with Gasteiger partial charge < -0.3 is 10.4 Å². The van der Waals surface area contributed by atoms with Crippen LogP contribution in [0.5, 0.6) is 0 Å². The van der Waals surface area contributed by atoms with Gasteiger partial charge in [0, 0.05) is 17.3 Å². The van der Waals surface area contributed by atoms with E-state index in [-0.39, 0.29) is 17.9 Å². The molecule has 2 rings (SSSR count). The largest absolute Gasteiger partial charge is 0.392 e. The molecule has 0 aromatic heterocycles. The van der Waals surface area contributed by atoms with Crippen molar-refractivity contribution in [3.8, 4) is 0 Å². The number of hydrogen-bond acceptors (Lipinski definition) is 5. The number of carbonyl (C=O) groups excluding carboxylic acids is 1. The fourth-order valence-corrected chi connectivity index (χ4v) is 3.53. The monoisotopic (exact) mass is 374 g/mol. The number of rotatable bonds is 8. The van der Waals surface area contributed by atoms with Gasteiger partial charge in [0.1, 0.15) is 0 Å². The first kappa shape index (κ1) is 19.9. The number of benzene rings is 2. The molecule has 2 aromatic carbocycles. The van der Waals surface area contributed by atoms with Gasteiger partial charge in [-0.2, -0.15) is 0 Å².